The molecule has 0 saturated heterocycles. The van der Waals surface area contributed by atoms with Gasteiger partial charge in [-0.25, -0.2) is 0 Å². The highest BCUT2D eigenvalue weighted by Crippen LogP contribution is 2.35. The van der Waals surface area contributed by atoms with Crippen LogP contribution in [-0.4, -0.2) is 32.4 Å². The van der Waals surface area contributed by atoms with Crippen molar-refractivity contribution in [3.8, 4) is 11.5 Å². The molecule has 0 aliphatic carbocycles. The number of aliphatic carboxylic acids is 1. The van der Waals surface area contributed by atoms with E-state index in [2.05, 4.69) is 0 Å². The Kier molecular flexibility index (Phi) is 6.15. The van der Waals surface area contributed by atoms with E-state index in [4.69, 9.17) is 19.3 Å². The van der Waals surface area contributed by atoms with Gasteiger partial charge in [-0.2, -0.15) is 0 Å². The fraction of sp³-hybridized carbons (Fsp3) is 0.500. The van der Waals surface area contributed by atoms with Crippen LogP contribution in [0.2, 0.25) is 0 Å². The van der Waals surface area contributed by atoms with Crippen molar-refractivity contribution in [3.63, 3.8) is 0 Å². The predicted octanol–water partition coefficient (Wildman–Crippen LogP) is 2.26. The molecule has 0 saturated carbocycles. The van der Waals surface area contributed by atoms with Crippen LogP contribution >= 0.6 is 0 Å². The van der Waals surface area contributed by atoms with Gasteiger partial charge in [0, 0.05) is 19.1 Å². The Balaban J connectivity index is 2.95. The van der Waals surface area contributed by atoms with Gasteiger partial charge in [-0.1, -0.05) is 12.1 Å². The number of methoxy groups -OCH3 is 3. The highest BCUT2D eigenvalue weighted by molar-refractivity contribution is 5.66. The van der Waals surface area contributed by atoms with Crippen molar-refractivity contribution in [3.05, 3.63) is 23.3 Å². The van der Waals surface area contributed by atoms with Crippen LogP contribution in [0.4, 0.5) is 0 Å². The van der Waals surface area contributed by atoms with Gasteiger partial charge in [0.1, 0.15) is 0 Å². The molecule has 0 fully saturated rings. The zero-order chi connectivity index (χ0) is 14.3. The van der Waals surface area contributed by atoms with E-state index < -0.39 is 5.97 Å². The molecule has 5 nitrogen and oxygen atoms in total. The molecule has 5 heteroatoms. The average Bonchev–Trinajstić information content (AvgIpc) is 2.39. The topological polar surface area (TPSA) is 65.0 Å². The molecule has 0 heterocycles. The molecular formula is C14H20O5. The fourth-order valence-corrected chi connectivity index (χ4v) is 1.99. The van der Waals surface area contributed by atoms with Gasteiger partial charge < -0.3 is 19.3 Å². The van der Waals surface area contributed by atoms with Gasteiger partial charge in [-0.3, -0.25) is 4.79 Å². The molecule has 0 spiro atoms. The maximum atomic E-state index is 10.5. The molecule has 0 bridgehead atoms. The molecule has 1 rings (SSSR count). The van der Waals surface area contributed by atoms with Crippen LogP contribution in [0.25, 0.3) is 0 Å². The summed E-state index contributed by atoms with van der Waals surface area (Å²) in [7, 11) is 4.78. The number of ether oxygens (including phenoxy) is 3. The molecule has 0 unspecified atom stereocenters. The normalized spacial score (nSPS) is 10.3. The maximum Gasteiger partial charge on any atom is 0.303 e. The second-order valence-corrected chi connectivity index (χ2v) is 4.13. The molecule has 19 heavy (non-hydrogen) atoms. The molecule has 0 aliphatic rings. The van der Waals surface area contributed by atoms with Crippen molar-refractivity contribution in [2.75, 3.05) is 21.3 Å². The lowest BCUT2D eigenvalue weighted by Crippen LogP contribution is -2.02. The Morgan fingerprint density at radius 3 is 2.21 bits per heavy atom. The number of benzene rings is 1. The van der Waals surface area contributed by atoms with E-state index in [-0.39, 0.29) is 6.42 Å². The SMILES string of the molecule is COCc1ccc(CCCC(=O)O)c(OC)c1OC. The highest BCUT2D eigenvalue weighted by atomic mass is 16.5. The zero-order valence-electron chi connectivity index (χ0n) is 11.6. The second-order valence-electron chi connectivity index (χ2n) is 4.13. The van der Waals surface area contributed by atoms with Crippen LogP contribution < -0.4 is 9.47 Å². The summed E-state index contributed by atoms with van der Waals surface area (Å²) >= 11 is 0. The Bertz CT molecular complexity index is 428. The van der Waals surface area contributed by atoms with Crippen LogP contribution in [0.5, 0.6) is 11.5 Å². The lowest BCUT2D eigenvalue weighted by atomic mass is 10.0. The quantitative estimate of drug-likeness (QED) is 0.783. The minimum absolute atomic E-state index is 0.144. The number of aryl methyl sites for hydroxylation is 1. The van der Waals surface area contributed by atoms with Crippen LogP contribution in [0.1, 0.15) is 24.0 Å². The van der Waals surface area contributed by atoms with Gasteiger partial charge in [0.2, 0.25) is 0 Å². The summed E-state index contributed by atoms with van der Waals surface area (Å²) in [5.74, 6) is 0.515. The molecule has 1 aromatic carbocycles. The first-order valence-corrected chi connectivity index (χ1v) is 6.07. The van der Waals surface area contributed by atoms with Crippen molar-refractivity contribution < 1.29 is 24.1 Å². The summed E-state index contributed by atoms with van der Waals surface area (Å²) in [6.45, 7) is 0.439. The zero-order valence-corrected chi connectivity index (χ0v) is 11.6. The average molecular weight is 268 g/mol. The van der Waals surface area contributed by atoms with Crippen LogP contribution in [0, 0.1) is 0 Å². The molecule has 1 N–H and O–H groups in total. The molecule has 106 valence electrons. The van der Waals surface area contributed by atoms with Gasteiger partial charge in [0.15, 0.2) is 11.5 Å². The lowest BCUT2D eigenvalue weighted by molar-refractivity contribution is -0.137. The number of carboxylic acid groups (broad SMARTS) is 1. The number of hydrogen-bond donors (Lipinski definition) is 1. The molecular weight excluding hydrogens is 248 g/mol. The maximum absolute atomic E-state index is 10.5. The first kappa shape index (κ1) is 15.3. The summed E-state index contributed by atoms with van der Waals surface area (Å²) in [6, 6.07) is 3.85. The lowest BCUT2D eigenvalue weighted by Gasteiger charge is -2.16. The summed E-state index contributed by atoms with van der Waals surface area (Å²) in [5, 5.41) is 8.66. The van der Waals surface area contributed by atoms with Gasteiger partial charge in [0.25, 0.3) is 0 Å². The van der Waals surface area contributed by atoms with E-state index in [9.17, 15) is 4.79 Å². The van der Waals surface area contributed by atoms with Crippen LogP contribution in [-0.2, 0) is 22.6 Å². The van der Waals surface area contributed by atoms with Crippen molar-refractivity contribution in [2.45, 2.75) is 25.9 Å². The summed E-state index contributed by atoms with van der Waals surface area (Å²) in [6.07, 6.45) is 1.35. The third-order valence-corrected chi connectivity index (χ3v) is 2.82. The van der Waals surface area contributed by atoms with Crippen LogP contribution in [0.3, 0.4) is 0 Å². The van der Waals surface area contributed by atoms with Crippen molar-refractivity contribution in [1.82, 2.24) is 0 Å². The van der Waals surface area contributed by atoms with E-state index in [1.54, 1.807) is 21.3 Å². The molecule has 0 atom stereocenters. The predicted molar refractivity (Wildman–Crippen MR) is 70.8 cm³/mol. The summed E-state index contributed by atoms with van der Waals surface area (Å²) in [5.41, 5.74) is 1.85. The number of rotatable bonds is 8. The Hall–Kier alpha value is -1.75. The van der Waals surface area contributed by atoms with E-state index in [1.807, 2.05) is 12.1 Å². The summed E-state index contributed by atoms with van der Waals surface area (Å²) < 4.78 is 15.9. The third-order valence-electron chi connectivity index (χ3n) is 2.82. The second kappa shape index (κ2) is 7.63. The first-order valence-electron chi connectivity index (χ1n) is 6.07. The Labute approximate surface area is 113 Å². The summed E-state index contributed by atoms with van der Waals surface area (Å²) in [4.78, 5) is 10.5. The van der Waals surface area contributed by atoms with Gasteiger partial charge in [-0.05, 0) is 18.4 Å². The monoisotopic (exact) mass is 268 g/mol. The highest BCUT2D eigenvalue weighted by Gasteiger charge is 2.15. The molecule has 0 aromatic heterocycles. The number of carbonyl (C=O) groups is 1. The smallest absolute Gasteiger partial charge is 0.303 e. The molecule has 0 radical (unpaired) electrons. The van der Waals surface area contributed by atoms with Gasteiger partial charge in [-0.15, -0.1) is 0 Å². The van der Waals surface area contributed by atoms with E-state index >= 15 is 0 Å². The third kappa shape index (κ3) is 4.13. The van der Waals surface area contributed by atoms with Crippen molar-refractivity contribution in [2.24, 2.45) is 0 Å². The van der Waals surface area contributed by atoms with Crippen LogP contribution in [0.15, 0.2) is 12.1 Å². The minimum Gasteiger partial charge on any atom is -0.493 e. The van der Waals surface area contributed by atoms with E-state index in [0.717, 1.165) is 11.1 Å². The standard InChI is InChI=1S/C14H20O5/c1-17-9-11-8-7-10(5-4-6-12(15)16)13(18-2)14(11)19-3/h7-8H,4-6,9H2,1-3H3,(H,15,16). The minimum atomic E-state index is -0.790. The van der Waals surface area contributed by atoms with Gasteiger partial charge >= 0.3 is 5.97 Å². The molecule has 0 aliphatic heterocycles. The fourth-order valence-electron chi connectivity index (χ4n) is 1.99. The first-order chi connectivity index (χ1) is 9.13. The van der Waals surface area contributed by atoms with E-state index in [1.165, 1.54) is 0 Å². The number of hydrogen-bond acceptors (Lipinski definition) is 4. The van der Waals surface area contributed by atoms with Crippen molar-refractivity contribution in [1.29, 1.82) is 0 Å². The van der Waals surface area contributed by atoms with Crippen molar-refractivity contribution >= 4 is 5.97 Å². The molecule has 0 amide bonds. The largest absolute Gasteiger partial charge is 0.493 e. The Morgan fingerprint density at radius 1 is 1.11 bits per heavy atom. The van der Waals surface area contributed by atoms with E-state index in [0.29, 0.717) is 30.9 Å². The number of carboxylic acids is 1. The van der Waals surface area contributed by atoms with Gasteiger partial charge in [0.05, 0.1) is 20.8 Å². The molecule has 1 aromatic rings. The Morgan fingerprint density at radius 2 is 1.68 bits per heavy atom.